The van der Waals surface area contributed by atoms with Gasteiger partial charge in [-0.25, -0.2) is 8.42 Å². The number of hydrogen-bond acceptors (Lipinski definition) is 4. The molecule has 0 aliphatic heterocycles. The highest BCUT2D eigenvalue weighted by molar-refractivity contribution is 7.92. The summed E-state index contributed by atoms with van der Waals surface area (Å²) in [5.41, 5.74) is 1.87. The van der Waals surface area contributed by atoms with Crippen molar-refractivity contribution in [2.24, 2.45) is 0 Å². The summed E-state index contributed by atoms with van der Waals surface area (Å²) in [6.45, 7) is 6.38. The Morgan fingerprint density at radius 2 is 1.50 bits per heavy atom. The molecule has 0 saturated heterocycles. The summed E-state index contributed by atoms with van der Waals surface area (Å²) < 4.78 is 27.7. The largest absolute Gasteiger partial charge is 0.350 e. The number of nitrogens with zero attached hydrogens (tertiary/aromatic N) is 1. The van der Waals surface area contributed by atoms with Gasteiger partial charge in [0.15, 0.2) is 0 Å². The molecule has 3 aromatic carbocycles. The first-order valence-electron chi connectivity index (χ1n) is 10.7. The van der Waals surface area contributed by atoms with Crippen LogP contribution in [0.2, 0.25) is 0 Å². The van der Waals surface area contributed by atoms with Gasteiger partial charge in [-0.05, 0) is 49.0 Å². The van der Waals surface area contributed by atoms with Crippen LogP contribution in [0.4, 0.5) is 5.69 Å². The molecule has 0 spiro atoms. The van der Waals surface area contributed by atoms with Gasteiger partial charge < -0.3 is 5.32 Å². The van der Waals surface area contributed by atoms with Gasteiger partial charge in [0.25, 0.3) is 15.9 Å². The fourth-order valence-corrected chi connectivity index (χ4v) is 4.70. The molecule has 0 heterocycles. The molecule has 0 fully saturated rings. The minimum Gasteiger partial charge on any atom is -0.350 e. The first-order valence-corrected chi connectivity index (χ1v) is 12.2. The van der Waals surface area contributed by atoms with Crippen molar-refractivity contribution in [3.8, 4) is 0 Å². The second-order valence-corrected chi connectivity index (χ2v) is 9.04. The van der Waals surface area contributed by atoms with E-state index in [1.54, 1.807) is 42.5 Å². The summed E-state index contributed by atoms with van der Waals surface area (Å²) in [5.74, 6) is -0.251. The van der Waals surface area contributed by atoms with Crippen molar-refractivity contribution in [2.75, 3.05) is 24.4 Å². The Kier molecular flexibility index (Phi) is 8.03. The number of nitrogens with one attached hydrogen (secondary N) is 2. The standard InChI is InChI=1S/C25H29N3O3S/c1-3-28(4-2)24(20-12-7-5-8-13-20)19-26-25(29)21-14-11-15-22(18-21)27-32(30,31)23-16-9-6-10-17-23/h5-18,24,27H,3-4,19H2,1-2H3,(H,26,29). The molecule has 0 radical (unpaired) electrons. The average Bonchev–Trinajstić information content (AvgIpc) is 2.82. The smallest absolute Gasteiger partial charge is 0.261 e. The molecule has 168 valence electrons. The maximum atomic E-state index is 12.9. The van der Waals surface area contributed by atoms with Crippen LogP contribution in [-0.4, -0.2) is 38.9 Å². The van der Waals surface area contributed by atoms with Crippen LogP contribution >= 0.6 is 0 Å². The van der Waals surface area contributed by atoms with Gasteiger partial charge in [-0.2, -0.15) is 0 Å². The lowest BCUT2D eigenvalue weighted by atomic mass is 10.0. The lowest BCUT2D eigenvalue weighted by Gasteiger charge is -2.30. The van der Waals surface area contributed by atoms with E-state index < -0.39 is 10.0 Å². The minimum atomic E-state index is -3.72. The van der Waals surface area contributed by atoms with Gasteiger partial charge in [0.2, 0.25) is 0 Å². The van der Waals surface area contributed by atoms with E-state index in [2.05, 4.69) is 40.9 Å². The van der Waals surface area contributed by atoms with Crippen LogP contribution in [0.25, 0.3) is 0 Å². The molecular weight excluding hydrogens is 422 g/mol. The summed E-state index contributed by atoms with van der Waals surface area (Å²) in [5, 5.41) is 3.01. The third-order valence-corrected chi connectivity index (χ3v) is 6.72. The number of amides is 1. The number of hydrogen-bond donors (Lipinski definition) is 2. The first-order chi connectivity index (χ1) is 15.4. The Hall–Kier alpha value is -3.16. The molecule has 1 atom stereocenters. The molecule has 7 heteroatoms. The zero-order valence-corrected chi connectivity index (χ0v) is 19.2. The van der Waals surface area contributed by atoms with E-state index >= 15 is 0 Å². The minimum absolute atomic E-state index is 0.0508. The number of carbonyl (C=O) groups excluding carboxylic acids is 1. The van der Waals surface area contributed by atoms with Crippen LogP contribution in [0, 0.1) is 0 Å². The zero-order chi connectivity index (χ0) is 23.0. The highest BCUT2D eigenvalue weighted by Crippen LogP contribution is 2.20. The lowest BCUT2D eigenvalue weighted by molar-refractivity contribution is 0.0935. The van der Waals surface area contributed by atoms with Crippen molar-refractivity contribution in [1.29, 1.82) is 0 Å². The van der Waals surface area contributed by atoms with Crippen LogP contribution in [0.5, 0.6) is 0 Å². The molecule has 2 N–H and O–H groups in total. The monoisotopic (exact) mass is 451 g/mol. The molecule has 3 rings (SSSR count). The van der Waals surface area contributed by atoms with Gasteiger partial charge >= 0.3 is 0 Å². The van der Waals surface area contributed by atoms with Crippen LogP contribution in [0.3, 0.4) is 0 Å². The molecule has 3 aromatic rings. The number of sulfonamides is 1. The molecule has 0 aliphatic carbocycles. The van der Waals surface area contributed by atoms with Crippen LogP contribution in [-0.2, 0) is 10.0 Å². The Balaban J connectivity index is 1.72. The van der Waals surface area contributed by atoms with E-state index in [1.165, 1.54) is 12.1 Å². The van der Waals surface area contributed by atoms with Crippen molar-refractivity contribution < 1.29 is 13.2 Å². The SMILES string of the molecule is CCN(CC)C(CNC(=O)c1cccc(NS(=O)(=O)c2ccccc2)c1)c1ccccc1. The molecule has 1 unspecified atom stereocenters. The van der Waals surface area contributed by atoms with E-state index in [0.717, 1.165) is 18.7 Å². The fourth-order valence-electron chi connectivity index (χ4n) is 3.63. The molecule has 0 saturated carbocycles. The highest BCUT2D eigenvalue weighted by atomic mass is 32.2. The highest BCUT2D eigenvalue weighted by Gasteiger charge is 2.19. The predicted molar refractivity (Wildman–Crippen MR) is 128 cm³/mol. The lowest BCUT2D eigenvalue weighted by Crippen LogP contribution is -2.38. The van der Waals surface area contributed by atoms with Crippen molar-refractivity contribution in [3.63, 3.8) is 0 Å². The number of benzene rings is 3. The van der Waals surface area contributed by atoms with Gasteiger partial charge in [0.1, 0.15) is 0 Å². The van der Waals surface area contributed by atoms with Crippen LogP contribution in [0.1, 0.15) is 35.8 Å². The summed E-state index contributed by atoms with van der Waals surface area (Å²) in [4.78, 5) is 15.3. The maximum Gasteiger partial charge on any atom is 0.261 e. The van der Waals surface area contributed by atoms with E-state index in [9.17, 15) is 13.2 Å². The number of carbonyl (C=O) groups is 1. The molecular formula is C25H29N3O3S. The quantitative estimate of drug-likeness (QED) is 0.482. The molecule has 0 aliphatic rings. The third-order valence-electron chi connectivity index (χ3n) is 5.32. The summed E-state index contributed by atoms with van der Waals surface area (Å²) in [6.07, 6.45) is 0. The maximum absolute atomic E-state index is 12.9. The van der Waals surface area contributed by atoms with Crippen LogP contribution < -0.4 is 10.0 Å². The summed E-state index contributed by atoms with van der Waals surface area (Å²) in [7, 11) is -3.72. The van der Waals surface area contributed by atoms with E-state index in [-0.39, 0.29) is 16.8 Å². The Labute approximate surface area is 190 Å². The molecule has 6 nitrogen and oxygen atoms in total. The van der Waals surface area contributed by atoms with E-state index in [4.69, 9.17) is 0 Å². The predicted octanol–water partition coefficient (Wildman–Crippen LogP) is 4.30. The second-order valence-electron chi connectivity index (χ2n) is 7.36. The van der Waals surface area contributed by atoms with E-state index in [0.29, 0.717) is 17.8 Å². The molecule has 32 heavy (non-hydrogen) atoms. The van der Waals surface area contributed by atoms with Crippen molar-refractivity contribution in [1.82, 2.24) is 10.2 Å². The zero-order valence-electron chi connectivity index (χ0n) is 18.4. The summed E-state index contributed by atoms with van der Waals surface area (Å²) in [6, 6.07) is 24.8. The number of likely N-dealkylation sites (N-methyl/N-ethyl adjacent to an activating group) is 1. The molecule has 0 bridgehead atoms. The van der Waals surface area contributed by atoms with Gasteiger partial charge in [0, 0.05) is 17.8 Å². The van der Waals surface area contributed by atoms with E-state index in [1.807, 2.05) is 18.2 Å². The number of anilines is 1. The van der Waals surface area contributed by atoms with Gasteiger partial charge in [-0.15, -0.1) is 0 Å². The number of rotatable bonds is 10. The Morgan fingerprint density at radius 3 is 2.12 bits per heavy atom. The first kappa shape index (κ1) is 23.5. The summed E-state index contributed by atoms with van der Waals surface area (Å²) >= 11 is 0. The fraction of sp³-hybridized carbons (Fsp3) is 0.240. The average molecular weight is 452 g/mol. The van der Waals surface area contributed by atoms with Gasteiger partial charge in [-0.1, -0.05) is 68.4 Å². The second kappa shape index (κ2) is 10.9. The van der Waals surface area contributed by atoms with Crippen molar-refractivity contribution >= 4 is 21.6 Å². The topological polar surface area (TPSA) is 78.5 Å². The van der Waals surface area contributed by atoms with Crippen molar-refractivity contribution in [3.05, 3.63) is 96.1 Å². The van der Waals surface area contributed by atoms with Gasteiger partial charge in [0.05, 0.1) is 10.9 Å². The molecule has 1 amide bonds. The van der Waals surface area contributed by atoms with Crippen LogP contribution in [0.15, 0.2) is 89.8 Å². The Bertz CT molecular complexity index is 1120. The van der Waals surface area contributed by atoms with Gasteiger partial charge in [-0.3, -0.25) is 14.4 Å². The molecule has 0 aromatic heterocycles. The van der Waals surface area contributed by atoms with Crippen molar-refractivity contribution in [2.45, 2.75) is 24.8 Å². The Morgan fingerprint density at radius 1 is 0.875 bits per heavy atom. The third kappa shape index (κ3) is 5.96. The normalized spacial score (nSPS) is 12.3.